The van der Waals surface area contributed by atoms with Gasteiger partial charge in [0.2, 0.25) is 0 Å². The van der Waals surface area contributed by atoms with E-state index in [0.717, 1.165) is 5.56 Å². The maximum absolute atomic E-state index is 13.3. The fraction of sp³-hybridized carbons (Fsp3) is 0.455. The van der Waals surface area contributed by atoms with Gasteiger partial charge < -0.3 is 9.84 Å². The predicted octanol–water partition coefficient (Wildman–Crippen LogP) is 5.92. The van der Waals surface area contributed by atoms with Crippen molar-refractivity contribution < 1.29 is 14.2 Å². The Balaban J connectivity index is 1.93. The van der Waals surface area contributed by atoms with E-state index >= 15 is 0 Å². The Bertz CT molecular complexity index is 733. The van der Waals surface area contributed by atoms with E-state index in [-0.39, 0.29) is 12.5 Å². The smallest absolute Gasteiger partial charge is 0.125 e. The number of halogens is 3. The fourth-order valence-corrected chi connectivity index (χ4v) is 3.67. The third-order valence-corrected chi connectivity index (χ3v) is 5.35. The van der Waals surface area contributed by atoms with Crippen molar-refractivity contribution in [2.45, 2.75) is 38.8 Å². The second-order valence-electron chi connectivity index (χ2n) is 7.70. The van der Waals surface area contributed by atoms with E-state index in [1.807, 2.05) is 26.0 Å². The summed E-state index contributed by atoms with van der Waals surface area (Å²) in [7, 11) is 0. The zero-order valence-electron chi connectivity index (χ0n) is 16.5. The average molecular weight is 428 g/mol. The van der Waals surface area contributed by atoms with Gasteiger partial charge in [-0.25, -0.2) is 4.39 Å². The van der Waals surface area contributed by atoms with Gasteiger partial charge in [-0.2, -0.15) is 0 Å². The van der Waals surface area contributed by atoms with Crippen molar-refractivity contribution in [3.63, 3.8) is 0 Å². The first-order valence-electron chi connectivity index (χ1n) is 9.36. The number of benzene rings is 1. The molecular formula is C22H28Cl2FNO2. The first kappa shape index (κ1) is 23.0. The fourth-order valence-electron chi connectivity index (χ4n) is 3.10. The molecule has 0 radical (unpaired) electrons. The molecule has 1 aliphatic heterocycles. The van der Waals surface area contributed by atoms with E-state index in [2.05, 4.69) is 18.1 Å². The van der Waals surface area contributed by atoms with Gasteiger partial charge in [0.15, 0.2) is 0 Å². The number of allylic oxidation sites excluding steroid dienone is 3. The van der Waals surface area contributed by atoms with Crippen LogP contribution in [0.15, 0.2) is 54.6 Å². The van der Waals surface area contributed by atoms with Gasteiger partial charge in [-0.3, -0.25) is 4.90 Å². The summed E-state index contributed by atoms with van der Waals surface area (Å²) in [6, 6.07) is 5.51. The average Bonchev–Trinajstić information content (AvgIpc) is 2.59. The zero-order valence-corrected chi connectivity index (χ0v) is 18.0. The van der Waals surface area contributed by atoms with E-state index in [1.54, 1.807) is 6.07 Å². The van der Waals surface area contributed by atoms with Crippen LogP contribution >= 0.6 is 23.2 Å². The molecule has 0 saturated carbocycles. The number of aliphatic hydroxyl groups is 1. The van der Waals surface area contributed by atoms with Gasteiger partial charge in [0.05, 0.1) is 0 Å². The molecule has 154 valence electrons. The third-order valence-electron chi connectivity index (χ3n) is 4.91. The Morgan fingerprint density at radius 1 is 1.25 bits per heavy atom. The maximum atomic E-state index is 13.3. The van der Waals surface area contributed by atoms with Gasteiger partial charge in [-0.1, -0.05) is 50.2 Å². The maximum Gasteiger partial charge on any atom is 0.125 e. The van der Waals surface area contributed by atoms with Crippen molar-refractivity contribution in [3.05, 3.63) is 70.2 Å². The van der Waals surface area contributed by atoms with Crippen LogP contribution < -0.4 is 0 Å². The summed E-state index contributed by atoms with van der Waals surface area (Å²) in [5.74, 6) is -0.155. The van der Waals surface area contributed by atoms with E-state index in [1.165, 1.54) is 6.08 Å². The molecule has 28 heavy (non-hydrogen) atoms. The minimum atomic E-state index is -0.962. The lowest BCUT2D eigenvalue weighted by Crippen LogP contribution is -2.46. The Morgan fingerprint density at radius 2 is 1.82 bits per heavy atom. The predicted molar refractivity (Wildman–Crippen MR) is 114 cm³/mol. The van der Waals surface area contributed by atoms with Crippen molar-refractivity contribution in [3.8, 4) is 0 Å². The summed E-state index contributed by atoms with van der Waals surface area (Å²) in [5.41, 5.74) is 0.757. The number of piperidine rings is 1. The van der Waals surface area contributed by atoms with Crippen LogP contribution in [0.25, 0.3) is 0 Å². The van der Waals surface area contributed by atoms with Crippen molar-refractivity contribution in [2.75, 3.05) is 19.7 Å². The summed E-state index contributed by atoms with van der Waals surface area (Å²) in [4.78, 5) is 2.24. The van der Waals surface area contributed by atoms with Gasteiger partial charge in [0.1, 0.15) is 23.8 Å². The number of likely N-dealkylation sites (tertiary alicyclic amines) is 1. The standard InChI is InChI=1S/C22H28Cl2FNO2/c1-15(2)17(4)21(9-16(3)25)28-14-22(27)5-7-26(8-6-22)13-18-10-19(23)12-20(24)11-18/h9-12,15,27H,3-8,13-14H2,1-2H3/b21-9+. The molecule has 0 bridgehead atoms. The van der Waals surface area contributed by atoms with E-state index in [9.17, 15) is 9.50 Å². The Hall–Kier alpha value is -1.33. The van der Waals surface area contributed by atoms with Crippen LogP contribution in [0.4, 0.5) is 4.39 Å². The molecule has 3 nitrogen and oxygen atoms in total. The van der Waals surface area contributed by atoms with Crippen LogP contribution in [0.5, 0.6) is 0 Å². The van der Waals surface area contributed by atoms with Crippen molar-refractivity contribution in [1.29, 1.82) is 0 Å². The molecule has 1 N–H and O–H groups in total. The molecule has 1 aromatic rings. The summed E-state index contributed by atoms with van der Waals surface area (Å²) in [6.45, 7) is 13.4. The largest absolute Gasteiger partial charge is 0.490 e. The lowest BCUT2D eigenvalue weighted by atomic mass is 9.92. The molecule has 1 aliphatic rings. The van der Waals surface area contributed by atoms with E-state index < -0.39 is 11.4 Å². The van der Waals surface area contributed by atoms with Crippen LogP contribution in [0, 0.1) is 5.92 Å². The summed E-state index contributed by atoms with van der Waals surface area (Å²) < 4.78 is 19.0. The van der Waals surface area contributed by atoms with Gasteiger partial charge in [-0.15, -0.1) is 0 Å². The number of hydrogen-bond acceptors (Lipinski definition) is 3. The number of ether oxygens (including phenoxy) is 1. The monoisotopic (exact) mass is 427 g/mol. The van der Waals surface area contributed by atoms with Crippen LogP contribution in [0.2, 0.25) is 10.0 Å². The normalized spacial score (nSPS) is 17.6. The topological polar surface area (TPSA) is 32.7 Å². The summed E-state index contributed by atoms with van der Waals surface area (Å²) in [5, 5.41) is 12.1. The molecule has 0 spiro atoms. The first-order chi connectivity index (χ1) is 13.1. The lowest BCUT2D eigenvalue weighted by Gasteiger charge is -2.38. The van der Waals surface area contributed by atoms with Gasteiger partial charge in [-0.05, 0) is 48.1 Å². The molecular weight excluding hydrogens is 400 g/mol. The Labute approximate surface area is 177 Å². The first-order valence-corrected chi connectivity index (χ1v) is 10.1. The van der Waals surface area contributed by atoms with Crippen molar-refractivity contribution >= 4 is 23.2 Å². The Morgan fingerprint density at radius 3 is 2.32 bits per heavy atom. The van der Waals surface area contributed by atoms with Gasteiger partial charge >= 0.3 is 0 Å². The highest BCUT2D eigenvalue weighted by Gasteiger charge is 2.33. The summed E-state index contributed by atoms with van der Waals surface area (Å²) >= 11 is 12.1. The molecule has 1 heterocycles. The van der Waals surface area contributed by atoms with Crippen LogP contribution in [0.3, 0.4) is 0 Å². The molecule has 0 aliphatic carbocycles. The highest BCUT2D eigenvalue weighted by molar-refractivity contribution is 6.34. The number of nitrogens with zero attached hydrogens (tertiary/aromatic N) is 1. The minimum Gasteiger partial charge on any atom is -0.490 e. The zero-order chi connectivity index (χ0) is 20.9. The lowest BCUT2D eigenvalue weighted by molar-refractivity contribution is -0.0680. The second-order valence-corrected chi connectivity index (χ2v) is 8.58. The van der Waals surface area contributed by atoms with Crippen molar-refractivity contribution in [1.82, 2.24) is 4.90 Å². The SMILES string of the molecule is C=C(F)/C=C(/OCC1(O)CCN(Cc2cc(Cl)cc(Cl)c2)CC1)C(=C)C(C)C. The molecule has 0 unspecified atom stereocenters. The van der Waals surface area contributed by atoms with Crippen LogP contribution in [-0.4, -0.2) is 35.3 Å². The van der Waals surface area contributed by atoms with E-state index in [4.69, 9.17) is 27.9 Å². The quantitative estimate of drug-likeness (QED) is 0.412. The van der Waals surface area contributed by atoms with E-state index in [0.29, 0.717) is 53.9 Å². The highest BCUT2D eigenvalue weighted by Crippen LogP contribution is 2.28. The van der Waals surface area contributed by atoms with Crippen molar-refractivity contribution in [2.24, 2.45) is 5.92 Å². The molecule has 0 atom stereocenters. The second kappa shape index (κ2) is 9.93. The molecule has 2 rings (SSSR count). The summed E-state index contributed by atoms with van der Waals surface area (Å²) in [6.07, 6.45) is 2.34. The molecule has 6 heteroatoms. The molecule has 1 fully saturated rings. The van der Waals surface area contributed by atoms with Gasteiger partial charge in [0, 0.05) is 35.8 Å². The van der Waals surface area contributed by atoms with Crippen LogP contribution in [0.1, 0.15) is 32.3 Å². The molecule has 0 amide bonds. The molecule has 0 aromatic heterocycles. The highest BCUT2D eigenvalue weighted by atomic mass is 35.5. The molecule has 1 saturated heterocycles. The number of rotatable bonds is 8. The van der Waals surface area contributed by atoms with Crippen LogP contribution in [-0.2, 0) is 11.3 Å². The number of hydrogen-bond donors (Lipinski definition) is 1. The third kappa shape index (κ3) is 6.93. The minimum absolute atomic E-state index is 0.0920. The molecule has 1 aromatic carbocycles. The Kier molecular flexibility index (Phi) is 8.14. The van der Waals surface area contributed by atoms with Gasteiger partial charge in [0.25, 0.3) is 0 Å².